The molecule has 0 unspecified atom stereocenters. The molecule has 1 atom stereocenters. The van der Waals surface area contributed by atoms with Gasteiger partial charge >= 0.3 is 0 Å². The summed E-state index contributed by atoms with van der Waals surface area (Å²) in [5.74, 6) is -0.854. The number of carbonyl (C=O) groups excluding carboxylic acids is 1. The van der Waals surface area contributed by atoms with Crippen LogP contribution < -0.4 is 11.1 Å². The molecule has 7 heteroatoms. The van der Waals surface area contributed by atoms with E-state index in [2.05, 4.69) is 5.32 Å². The molecule has 0 aromatic heterocycles. The summed E-state index contributed by atoms with van der Waals surface area (Å²) >= 11 is 0. The van der Waals surface area contributed by atoms with E-state index >= 15 is 0 Å². The number of hydrogen-bond acceptors (Lipinski definition) is 5. The van der Waals surface area contributed by atoms with Gasteiger partial charge in [-0.1, -0.05) is 0 Å². The lowest BCUT2D eigenvalue weighted by Gasteiger charge is -2.08. The van der Waals surface area contributed by atoms with E-state index in [1.54, 1.807) is 0 Å². The lowest BCUT2D eigenvalue weighted by molar-refractivity contribution is -0.384. The van der Waals surface area contributed by atoms with E-state index < -0.39 is 16.9 Å². The van der Waals surface area contributed by atoms with Crippen LogP contribution in [0.1, 0.15) is 6.92 Å². The largest absolute Gasteiger partial charge is 0.506 e. The maximum atomic E-state index is 11.2. The van der Waals surface area contributed by atoms with Crippen molar-refractivity contribution in [1.82, 2.24) is 0 Å². The monoisotopic (exact) mass is 225 g/mol. The number of nitro groups is 1. The fraction of sp³-hybridized carbons (Fsp3) is 0.222. The number of phenolic OH excluding ortho intramolecular Hbond substituents is 1. The highest BCUT2D eigenvalue weighted by molar-refractivity contribution is 5.95. The number of nitro benzene ring substituents is 1. The van der Waals surface area contributed by atoms with Gasteiger partial charge in [0.05, 0.1) is 22.7 Å². The van der Waals surface area contributed by atoms with Crippen molar-refractivity contribution in [3.05, 3.63) is 28.3 Å². The summed E-state index contributed by atoms with van der Waals surface area (Å²) in [7, 11) is 0. The van der Waals surface area contributed by atoms with Crippen molar-refractivity contribution >= 4 is 17.3 Å². The highest BCUT2D eigenvalue weighted by Gasteiger charge is 2.13. The Bertz CT molecular complexity index is 431. The van der Waals surface area contributed by atoms with E-state index in [-0.39, 0.29) is 17.1 Å². The first kappa shape index (κ1) is 11.9. The van der Waals surface area contributed by atoms with Crippen LogP contribution in [-0.2, 0) is 4.79 Å². The summed E-state index contributed by atoms with van der Waals surface area (Å²) < 4.78 is 0. The second-order valence-electron chi connectivity index (χ2n) is 3.24. The lowest BCUT2D eigenvalue weighted by atomic mass is 10.2. The van der Waals surface area contributed by atoms with Crippen LogP contribution in [0.4, 0.5) is 11.4 Å². The van der Waals surface area contributed by atoms with E-state index in [1.165, 1.54) is 19.1 Å². The molecule has 0 heterocycles. The van der Waals surface area contributed by atoms with Gasteiger partial charge in [-0.25, -0.2) is 0 Å². The molecular formula is C9H11N3O4. The zero-order valence-electron chi connectivity index (χ0n) is 8.51. The van der Waals surface area contributed by atoms with Crippen molar-refractivity contribution in [2.24, 2.45) is 5.73 Å². The van der Waals surface area contributed by atoms with Crippen molar-refractivity contribution in [3.63, 3.8) is 0 Å². The number of aromatic hydroxyl groups is 1. The van der Waals surface area contributed by atoms with Crippen LogP contribution in [0.3, 0.4) is 0 Å². The summed E-state index contributed by atoms with van der Waals surface area (Å²) in [5.41, 5.74) is 5.15. The molecule has 1 rings (SSSR count). The maximum absolute atomic E-state index is 11.2. The van der Waals surface area contributed by atoms with Gasteiger partial charge in [0.15, 0.2) is 0 Å². The second-order valence-corrected chi connectivity index (χ2v) is 3.24. The third kappa shape index (κ3) is 2.67. The van der Waals surface area contributed by atoms with Crippen LogP contribution >= 0.6 is 0 Å². The zero-order valence-corrected chi connectivity index (χ0v) is 8.51. The van der Waals surface area contributed by atoms with Crippen molar-refractivity contribution in [2.75, 3.05) is 5.32 Å². The molecular weight excluding hydrogens is 214 g/mol. The predicted octanol–water partition coefficient (Wildman–Crippen LogP) is 0.586. The van der Waals surface area contributed by atoms with Crippen LogP contribution in [-0.4, -0.2) is 22.0 Å². The lowest BCUT2D eigenvalue weighted by Crippen LogP contribution is -2.32. The summed E-state index contributed by atoms with van der Waals surface area (Å²) in [6.45, 7) is 1.48. The van der Waals surface area contributed by atoms with Gasteiger partial charge in [-0.2, -0.15) is 0 Å². The molecule has 1 amide bonds. The summed E-state index contributed by atoms with van der Waals surface area (Å²) in [6.07, 6.45) is 0. The molecule has 0 saturated carbocycles. The topological polar surface area (TPSA) is 118 Å². The number of non-ortho nitro benzene ring substituents is 1. The highest BCUT2D eigenvalue weighted by Crippen LogP contribution is 2.27. The zero-order chi connectivity index (χ0) is 12.3. The number of amides is 1. The van der Waals surface area contributed by atoms with Crippen molar-refractivity contribution in [3.8, 4) is 5.75 Å². The first-order chi connectivity index (χ1) is 7.41. The highest BCUT2D eigenvalue weighted by atomic mass is 16.6. The molecule has 0 aliphatic heterocycles. The number of nitrogens with two attached hydrogens (primary N) is 1. The van der Waals surface area contributed by atoms with Crippen LogP contribution in [0, 0.1) is 10.1 Å². The van der Waals surface area contributed by atoms with Gasteiger partial charge in [0.25, 0.3) is 5.69 Å². The standard InChI is InChI=1S/C9H11N3O4/c1-5(10)9(14)11-7-3-2-6(12(15)16)4-8(7)13/h2-5,13H,10H2,1H3,(H,11,14)/t5-/m0/s1. The summed E-state index contributed by atoms with van der Waals surface area (Å²) in [5, 5.41) is 22.1. The average Bonchev–Trinajstić information content (AvgIpc) is 2.20. The normalized spacial score (nSPS) is 11.9. The molecule has 0 radical (unpaired) electrons. The third-order valence-electron chi connectivity index (χ3n) is 1.86. The van der Waals surface area contributed by atoms with E-state index in [9.17, 15) is 20.0 Å². The minimum absolute atomic E-state index is 0.0906. The van der Waals surface area contributed by atoms with E-state index in [0.717, 1.165) is 6.07 Å². The summed E-state index contributed by atoms with van der Waals surface area (Å²) in [6, 6.07) is 2.65. The van der Waals surface area contributed by atoms with Gasteiger partial charge in [-0.15, -0.1) is 0 Å². The Balaban J connectivity index is 2.91. The van der Waals surface area contributed by atoms with Gasteiger partial charge in [0, 0.05) is 6.07 Å². The number of carbonyl (C=O) groups is 1. The van der Waals surface area contributed by atoms with E-state index in [4.69, 9.17) is 5.73 Å². The number of hydrogen-bond donors (Lipinski definition) is 3. The fourth-order valence-corrected chi connectivity index (χ4v) is 0.986. The number of rotatable bonds is 3. The maximum Gasteiger partial charge on any atom is 0.273 e. The van der Waals surface area contributed by atoms with E-state index in [0.29, 0.717) is 0 Å². The molecule has 1 aromatic rings. The van der Waals surface area contributed by atoms with Gasteiger partial charge in [0.1, 0.15) is 5.75 Å². The van der Waals surface area contributed by atoms with Gasteiger partial charge < -0.3 is 16.2 Å². The van der Waals surface area contributed by atoms with Crippen LogP contribution in [0.15, 0.2) is 18.2 Å². The molecule has 0 aliphatic carbocycles. The minimum atomic E-state index is -0.727. The Hall–Kier alpha value is -2.15. The molecule has 4 N–H and O–H groups in total. The smallest absolute Gasteiger partial charge is 0.273 e. The molecule has 1 aromatic carbocycles. The molecule has 16 heavy (non-hydrogen) atoms. The second kappa shape index (κ2) is 4.58. The minimum Gasteiger partial charge on any atom is -0.506 e. The average molecular weight is 225 g/mol. The molecule has 0 saturated heterocycles. The number of nitrogens with one attached hydrogen (secondary N) is 1. The van der Waals surface area contributed by atoms with E-state index in [1.807, 2.05) is 0 Å². The molecule has 7 nitrogen and oxygen atoms in total. The first-order valence-electron chi connectivity index (χ1n) is 4.45. The number of nitrogens with zero attached hydrogens (tertiary/aromatic N) is 1. The Morgan fingerprint density at radius 3 is 2.69 bits per heavy atom. The van der Waals surface area contributed by atoms with Gasteiger partial charge in [-0.05, 0) is 13.0 Å². The van der Waals surface area contributed by atoms with Gasteiger partial charge in [-0.3, -0.25) is 14.9 Å². The molecule has 0 aliphatic rings. The predicted molar refractivity (Wildman–Crippen MR) is 57.0 cm³/mol. The first-order valence-corrected chi connectivity index (χ1v) is 4.45. The van der Waals surface area contributed by atoms with Crippen LogP contribution in [0.2, 0.25) is 0 Å². The van der Waals surface area contributed by atoms with Crippen molar-refractivity contribution in [2.45, 2.75) is 13.0 Å². The number of anilines is 1. The molecule has 0 spiro atoms. The van der Waals surface area contributed by atoms with Crippen LogP contribution in [0.5, 0.6) is 5.75 Å². The Morgan fingerprint density at radius 2 is 2.25 bits per heavy atom. The number of benzene rings is 1. The SMILES string of the molecule is C[C@H](N)C(=O)Nc1ccc([N+](=O)[O-])cc1O. The van der Waals surface area contributed by atoms with Crippen molar-refractivity contribution in [1.29, 1.82) is 0 Å². The number of phenols is 1. The molecule has 0 fully saturated rings. The quantitative estimate of drug-likeness (QED) is 0.395. The molecule has 0 bridgehead atoms. The Morgan fingerprint density at radius 1 is 1.62 bits per heavy atom. The summed E-state index contributed by atoms with van der Waals surface area (Å²) in [4.78, 5) is 20.9. The Kier molecular flexibility index (Phi) is 3.41. The third-order valence-corrected chi connectivity index (χ3v) is 1.86. The van der Waals surface area contributed by atoms with Crippen molar-refractivity contribution < 1.29 is 14.8 Å². The Labute approximate surface area is 91.0 Å². The van der Waals surface area contributed by atoms with Gasteiger partial charge in [0.2, 0.25) is 5.91 Å². The van der Waals surface area contributed by atoms with Crippen LogP contribution in [0.25, 0.3) is 0 Å². The molecule has 86 valence electrons. The fourth-order valence-electron chi connectivity index (χ4n) is 0.986.